The van der Waals surface area contributed by atoms with Gasteiger partial charge in [0.25, 0.3) is 11.6 Å². The Labute approximate surface area is 277 Å². The highest BCUT2D eigenvalue weighted by Gasteiger charge is 2.26. The maximum atomic E-state index is 12.7. The van der Waals surface area contributed by atoms with E-state index in [1.165, 1.54) is 32.2 Å². The number of nitrogens with zero attached hydrogens (tertiary/aromatic N) is 1. The Hall–Kier alpha value is -5.70. The second-order valence-corrected chi connectivity index (χ2v) is 10.5. The molecule has 0 radical (unpaired) electrons. The van der Waals surface area contributed by atoms with Gasteiger partial charge in [-0.1, -0.05) is 30.3 Å². The molecular formula is C33H40N6O9. The fraction of sp³-hybridized carbons (Fsp3) is 0.333. The fourth-order valence-corrected chi connectivity index (χ4v) is 4.85. The minimum atomic E-state index is -1.02. The lowest BCUT2D eigenvalue weighted by Gasteiger charge is -2.21. The van der Waals surface area contributed by atoms with Crippen LogP contribution in [0.25, 0.3) is 0 Å². The number of hydrogen-bond acceptors (Lipinski definition) is 10. The van der Waals surface area contributed by atoms with Crippen LogP contribution in [-0.2, 0) is 19.2 Å². The molecule has 3 rings (SSSR count). The van der Waals surface area contributed by atoms with Crippen molar-refractivity contribution in [2.45, 2.75) is 31.5 Å². The van der Waals surface area contributed by atoms with Crippen molar-refractivity contribution in [3.63, 3.8) is 0 Å². The average molecular weight is 665 g/mol. The number of carbonyl (C=O) groups is 4. The van der Waals surface area contributed by atoms with E-state index in [4.69, 9.17) is 14.2 Å². The monoisotopic (exact) mass is 664 g/mol. The minimum absolute atomic E-state index is 0.139. The molecule has 3 aromatic carbocycles. The molecule has 15 nitrogen and oxygen atoms in total. The summed E-state index contributed by atoms with van der Waals surface area (Å²) in [5, 5.41) is 24.7. The molecule has 4 amide bonds. The van der Waals surface area contributed by atoms with E-state index >= 15 is 0 Å². The van der Waals surface area contributed by atoms with Gasteiger partial charge >= 0.3 is 0 Å². The summed E-state index contributed by atoms with van der Waals surface area (Å²) in [6.45, 7) is 0.575. The Morgan fingerprint density at radius 3 is 2.15 bits per heavy atom. The summed E-state index contributed by atoms with van der Waals surface area (Å²) in [4.78, 5) is 60.7. The molecule has 0 unspecified atom stereocenters. The van der Waals surface area contributed by atoms with Crippen molar-refractivity contribution >= 4 is 29.3 Å². The molecule has 256 valence electrons. The summed E-state index contributed by atoms with van der Waals surface area (Å²) in [5.74, 6) is -0.587. The van der Waals surface area contributed by atoms with Crippen LogP contribution in [0.1, 0.15) is 42.1 Å². The number of benzene rings is 3. The maximum absolute atomic E-state index is 12.7. The zero-order valence-electron chi connectivity index (χ0n) is 27.3. The van der Waals surface area contributed by atoms with Crippen molar-refractivity contribution in [2.75, 3.05) is 41.5 Å². The Kier molecular flexibility index (Phi) is 13.7. The van der Waals surface area contributed by atoms with E-state index in [0.29, 0.717) is 17.2 Å². The fourth-order valence-electron chi connectivity index (χ4n) is 4.85. The molecule has 0 fully saturated rings. The summed E-state index contributed by atoms with van der Waals surface area (Å²) in [7, 11) is 6.40. The van der Waals surface area contributed by atoms with E-state index in [0.717, 1.165) is 11.1 Å². The first-order valence-electron chi connectivity index (χ1n) is 14.9. The molecule has 3 atom stereocenters. The van der Waals surface area contributed by atoms with Gasteiger partial charge < -0.3 is 40.8 Å². The van der Waals surface area contributed by atoms with Gasteiger partial charge in [0.05, 0.1) is 49.8 Å². The lowest BCUT2D eigenvalue weighted by atomic mass is 9.97. The normalized spacial score (nSPS) is 12.4. The Morgan fingerprint density at radius 1 is 0.833 bits per heavy atom. The molecule has 0 bridgehead atoms. The molecule has 5 N–H and O–H groups in total. The second kappa shape index (κ2) is 17.9. The molecule has 3 aromatic rings. The van der Waals surface area contributed by atoms with E-state index in [-0.39, 0.29) is 30.3 Å². The van der Waals surface area contributed by atoms with Crippen molar-refractivity contribution in [2.24, 2.45) is 0 Å². The van der Waals surface area contributed by atoms with Crippen LogP contribution in [0.15, 0.2) is 66.7 Å². The number of ether oxygens (including phenoxy) is 3. The van der Waals surface area contributed by atoms with Gasteiger partial charge in [-0.25, -0.2) is 0 Å². The van der Waals surface area contributed by atoms with Gasteiger partial charge in [-0.05, 0) is 43.8 Å². The first-order valence-corrected chi connectivity index (χ1v) is 14.9. The molecule has 0 saturated carbocycles. The number of methoxy groups -OCH3 is 2. The molecule has 0 aliphatic heterocycles. The molecular weight excluding hydrogens is 624 g/mol. The second-order valence-electron chi connectivity index (χ2n) is 10.5. The molecule has 0 aliphatic rings. The van der Waals surface area contributed by atoms with Crippen LogP contribution < -0.4 is 40.8 Å². The van der Waals surface area contributed by atoms with E-state index in [1.807, 2.05) is 31.3 Å². The summed E-state index contributed by atoms with van der Waals surface area (Å²) in [5.41, 5.74) is 1.71. The first-order chi connectivity index (χ1) is 23.0. The summed E-state index contributed by atoms with van der Waals surface area (Å²) in [6.07, 6.45) is -0.260. The Morgan fingerprint density at radius 2 is 1.52 bits per heavy atom. The Balaban J connectivity index is 1.51. The standard InChI is InChI=1S/C33H40N6O9/c1-20(33(43)36-18-30(41)38-26(17-29(40)34-2)24-8-6-7-9-27(24)39(44)45)37-31(42)19-48-22-12-10-21(11-13-22)32(35-3)25-15-14-23(46-4)16-28(25)47-5/h6-16,20,26,32,35H,17-19H2,1-5H3,(H,34,40)(H,36,43)(H,37,42)(H,38,41)/t20-,26-,32-/m1/s1. The van der Waals surface area contributed by atoms with Crippen LogP contribution >= 0.6 is 0 Å². The Bertz CT molecular complexity index is 1600. The molecule has 0 heterocycles. The molecule has 48 heavy (non-hydrogen) atoms. The van der Waals surface area contributed by atoms with Crippen molar-refractivity contribution in [1.82, 2.24) is 26.6 Å². The van der Waals surface area contributed by atoms with Crippen molar-refractivity contribution in [1.29, 1.82) is 0 Å². The van der Waals surface area contributed by atoms with Crippen molar-refractivity contribution in [3.8, 4) is 17.2 Å². The molecule has 0 aromatic heterocycles. The topological polar surface area (TPSA) is 199 Å². The van der Waals surface area contributed by atoms with E-state index < -0.39 is 47.2 Å². The van der Waals surface area contributed by atoms with Gasteiger partial charge in [0.2, 0.25) is 17.7 Å². The predicted molar refractivity (Wildman–Crippen MR) is 176 cm³/mol. The maximum Gasteiger partial charge on any atom is 0.274 e. The van der Waals surface area contributed by atoms with Gasteiger partial charge in [-0.3, -0.25) is 29.3 Å². The van der Waals surface area contributed by atoms with Gasteiger partial charge in [0.15, 0.2) is 6.61 Å². The largest absolute Gasteiger partial charge is 0.497 e. The van der Waals surface area contributed by atoms with Crippen LogP contribution in [0.2, 0.25) is 0 Å². The van der Waals surface area contributed by atoms with Crippen LogP contribution in [0, 0.1) is 10.1 Å². The minimum Gasteiger partial charge on any atom is -0.497 e. The van der Waals surface area contributed by atoms with E-state index in [9.17, 15) is 29.3 Å². The lowest BCUT2D eigenvalue weighted by Crippen LogP contribution is -2.48. The highest BCUT2D eigenvalue weighted by Crippen LogP contribution is 2.33. The smallest absolute Gasteiger partial charge is 0.274 e. The van der Waals surface area contributed by atoms with Gasteiger partial charge in [-0.2, -0.15) is 0 Å². The predicted octanol–water partition coefficient (Wildman–Crippen LogP) is 1.91. The zero-order valence-corrected chi connectivity index (χ0v) is 27.3. The van der Waals surface area contributed by atoms with Gasteiger partial charge in [0, 0.05) is 24.7 Å². The van der Waals surface area contributed by atoms with Crippen LogP contribution in [0.4, 0.5) is 5.69 Å². The molecule has 15 heteroatoms. The summed E-state index contributed by atoms with van der Waals surface area (Å²) >= 11 is 0. The number of amides is 4. The van der Waals surface area contributed by atoms with Crippen molar-refractivity contribution < 1.29 is 38.3 Å². The zero-order chi connectivity index (χ0) is 35.2. The molecule has 0 aliphatic carbocycles. The SMILES string of the molecule is CNC(=O)C[C@@H](NC(=O)CNC(=O)[C@@H](C)NC(=O)COc1ccc([C@@H](NC)c2ccc(OC)cc2OC)cc1)c1ccccc1[N+](=O)[O-]. The van der Waals surface area contributed by atoms with Gasteiger partial charge in [0.1, 0.15) is 23.3 Å². The first kappa shape index (κ1) is 36.8. The third kappa shape index (κ3) is 10.2. The number of hydrogen-bond donors (Lipinski definition) is 5. The van der Waals surface area contributed by atoms with Crippen LogP contribution in [0.5, 0.6) is 17.2 Å². The number of nitro benzene ring substituents is 1. The van der Waals surface area contributed by atoms with Gasteiger partial charge in [-0.15, -0.1) is 0 Å². The number of carbonyl (C=O) groups excluding carboxylic acids is 4. The number of para-hydroxylation sites is 1. The summed E-state index contributed by atoms with van der Waals surface area (Å²) in [6, 6.07) is 16.2. The van der Waals surface area contributed by atoms with Crippen molar-refractivity contribution in [3.05, 3.63) is 93.5 Å². The lowest BCUT2D eigenvalue weighted by molar-refractivity contribution is -0.385. The quantitative estimate of drug-likeness (QED) is 0.105. The van der Waals surface area contributed by atoms with Crippen LogP contribution in [0.3, 0.4) is 0 Å². The molecule has 0 spiro atoms. The third-order valence-corrected chi connectivity index (χ3v) is 7.33. The average Bonchev–Trinajstić information content (AvgIpc) is 3.10. The highest BCUT2D eigenvalue weighted by atomic mass is 16.6. The number of nitrogens with one attached hydrogen (secondary N) is 5. The third-order valence-electron chi connectivity index (χ3n) is 7.33. The van der Waals surface area contributed by atoms with E-state index in [2.05, 4.69) is 26.6 Å². The highest BCUT2D eigenvalue weighted by molar-refractivity contribution is 5.90. The number of rotatable bonds is 17. The molecule has 0 saturated heterocycles. The van der Waals surface area contributed by atoms with E-state index in [1.54, 1.807) is 38.5 Å². The van der Waals surface area contributed by atoms with Crippen LogP contribution in [-0.4, -0.2) is 76.1 Å². The summed E-state index contributed by atoms with van der Waals surface area (Å²) < 4.78 is 16.4. The number of nitro groups is 1.